The third-order valence-corrected chi connectivity index (χ3v) is 4.30. The molecular formula is C23H24N2O3. The quantitative estimate of drug-likeness (QED) is 0.613. The van der Waals surface area contributed by atoms with Crippen molar-refractivity contribution in [3.8, 4) is 11.5 Å². The summed E-state index contributed by atoms with van der Waals surface area (Å²) in [5.41, 5.74) is 4.63. The Labute approximate surface area is 165 Å². The SMILES string of the molecule is COc1ccc(Nc2ccc(NC(=O)Cc3cccc(C)c3)cc2)c(OC)c1. The number of benzene rings is 3. The summed E-state index contributed by atoms with van der Waals surface area (Å²) < 4.78 is 10.6. The molecule has 0 aliphatic rings. The highest BCUT2D eigenvalue weighted by molar-refractivity contribution is 5.92. The lowest BCUT2D eigenvalue weighted by molar-refractivity contribution is -0.115. The van der Waals surface area contributed by atoms with Gasteiger partial charge in [-0.05, 0) is 48.9 Å². The van der Waals surface area contributed by atoms with Crippen molar-refractivity contribution in [3.63, 3.8) is 0 Å². The van der Waals surface area contributed by atoms with Gasteiger partial charge in [-0.25, -0.2) is 0 Å². The fraction of sp³-hybridized carbons (Fsp3) is 0.174. The molecule has 3 aromatic rings. The molecule has 0 bridgehead atoms. The maximum atomic E-state index is 12.3. The second-order valence-electron chi connectivity index (χ2n) is 6.48. The van der Waals surface area contributed by atoms with Crippen LogP contribution in [0.1, 0.15) is 11.1 Å². The first kappa shape index (κ1) is 19.3. The molecule has 0 fully saturated rings. The van der Waals surface area contributed by atoms with E-state index in [4.69, 9.17) is 9.47 Å². The third-order valence-electron chi connectivity index (χ3n) is 4.30. The molecule has 144 valence electrons. The number of methoxy groups -OCH3 is 2. The Morgan fingerprint density at radius 2 is 1.64 bits per heavy atom. The molecule has 0 atom stereocenters. The maximum absolute atomic E-state index is 12.3. The summed E-state index contributed by atoms with van der Waals surface area (Å²) in [7, 11) is 3.24. The van der Waals surface area contributed by atoms with Crippen molar-refractivity contribution in [2.24, 2.45) is 0 Å². The topological polar surface area (TPSA) is 59.6 Å². The lowest BCUT2D eigenvalue weighted by Gasteiger charge is -2.13. The van der Waals surface area contributed by atoms with Crippen molar-refractivity contribution in [3.05, 3.63) is 77.9 Å². The molecule has 3 aromatic carbocycles. The van der Waals surface area contributed by atoms with Crippen LogP contribution in [0.4, 0.5) is 17.1 Å². The number of carbonyl (C=O) groups excluding carboxylic acids is 1. The molecule has 2 N–H and O–H groups in total. The van der Waals surface area contributed by atoms with E-state index in [-0.39, 0.29) is 5.91 Å². The van der Waals surface area contributed by atoms with Crippen molar-refractivity contribution in [1.82, 2.24) is 0 Å². The Morgan fingerprint density at radius 1 is 0.893 bits per heavy atom. The first-order valence-electron chi connectivity index (χ1n) is 9.02. The highest BCUT2D eigenvalue weighted by Crippen LogP contribution is 2.31. The molecule has 0 saturated heterocycles. The van der Waals surface area contributed by atoms with Crippen LogP contribution in [0.25, 0.3) is 0 Å². The Morgan fingerprint density at radius 3 is 2.32 bits per heavy atom. The van der Waals surface area contributed by atoms with E-state index >= 15 is 0 Å². The van der Waals surface area contributed by atoms with Gasteiger partial charge in [-0.2, -0.15) is 0 Å². The minimum absolute atomic E-state index is 0.0388. The number of nitrogens with one attached hydrogen (secondary N) is 2. The van der Waals surface area contributed by atoms with Crippen molar-refractivity contribution in [2.75, 3.05) is 24.9 Å². The van der Waals surface area contributed by atoms with Crippen LogP contribution in [0.15, 0.2) is 66.7 Å². The Balaban J connectivity index is 1.63. The molecule has 0 spiro atoms. The van der Waals surface area contributed by atoms with Crippen LogP contribution in [0, 0.1) is 6.92 Å². The number of aryl methyl sites for hydroxylation is 1. The summed E-state index contributed by atoms with van der Waals surface area (Å²) in [4.78, 5) is 12.3. The molecule has 5 nitrogen and oxygen atoms in total. The van der Waals surface area contributed by atoms with E-state index in [1.807, 2.05) is 73.7 Å². The van der Waals surface area contributed by atoms with Crippen LogP contribution in [0.3, 0.4) is 0 Å². The number of amides is 1. The zero-order valence-electron chi connectivity index (χ0n) is 16.3. The van der Waals surface area contributed by atoms with Crippen molar-refractivity contribution in [2.45, 2.75) is 13.3 Å². The number of ether oxygens (including phenoxy) is 2. The molecule has 0 radical (unpaired) electrons. The first-order chi connectivity index (χ1) is 13.6. The van der Waals surface area contributed by atoms with Gasteiger partial charge in [0.15, 0.2) is 0 Å². The highest BCUT2D eigenvalue weighted by Gasteiger charge is 2.07. The number of hydrogen-bond acceptors (Lipinski definition) is 4. The molecule has 28 heavy (non-hydrogen) atoms. The fourth-order valence-electron chi connectivity index (χ4n) is 2.91. The summed E-state index contributed by atoms with van der Waals surface area (Å²) in [5.74, 6) is 1.38. The predicted molar refractivity (Wildman–Crippen MR) is 113 cm³/mol. The zero-order chi connectivity index (χ0) is 19.9. The standard InChI is InChI=1S/C23H24N2O3/c1-16-5-4-6-17(13-16)14-23(26)25-19-9-7-18(8-10-19)24-21-12-11-20(27-2)15-22(21)28-3/h4-13,15,24H,14H2,1-3H3,(H,25,26). The molecule has 3 rings (SSSR count). The van der Waals surface area contributed by atoms with E-state index in [9.17, 15) is 4.79 Å². The van der Waals surface area contributed by atoms with Crippen molar-refractivity contribution >= 4 is 23.0 Å². The highest BCUT2D eigenvalue weighted by atomic mass is 16.5. The van der Waals surface area contributed by atoms with E-state index in [1.54, 1.807) is 14.2 Å². The van der Waals surface area contributed by atoms with Crippen LogP contribution in [-0.2, 0) is 11.2 Å². The van der Waals surface area contributed by atoms with E-state index in [1.165, 1.54) is 0 Å². The second kappa shape index (κ2) is 8.95. The van der Waals surface area contributed by atoms with Gasteiger partial charge in [-0.15, -0.1) is 0 Å². The number of hydrogen-bond donors (Lipinski definition) is 2. The third kappa shape index (κ3) is 5.04. The monoisotopic (exact) mass is 376 g/mol. The van der Waals surface area contributed by atoms with Gasteiger partial charge in [-0.1, -0.05) is 29.8 Å². The minimum Gasteiger partial charge on any atom is -0.497 e. The summed E-state index contributed by atoms with van der Waals surface area (Å²) in [6, 6.07) is 21.1. The van der Waals surface area contributed by atoms with Gasteiger partial charge in [-0.3, -0.25) is 4.79 Å². The molecule has 0 aromatic heterocycles. The molecule has 0 saturated carbocycles. The van der Waals surface area contributed by atoms with Crippen LogP contribution in [0.5, 0.6) is 11.5 Å². The number of carbonyl (C=O) groups is 1. The Bertz CT molecular complexity index is 952. The molecule has 1 amide bonds. The second-order valence-corrected chi connectivity index (χ2v) is 6.48. The largest absolute Gasteiger partial charge is 0.497 e. The van der Waals surface area contributed by atoms with Crippen LogP contribution in [-0.4, -0.2) is 20.1 Å². The van der Waals surface area contributed by atoms with Crippen LogP contribution >= 0.6 is 0 Å². The van der Waals surface area contributed by atoms with Gasteiger partial charge in [0.2, 0.25) is 5.91 Å². The normalized spacial score (nSPS) is 10.2. The average Bonchev–Trinajstić information content (AvgIpc) is 2.69. The molecule has 0 heterocycles. The summed E-state index contributed by atoms with van der Waals surface area (Å²) >= 11 is 0. The van der Waals surface area contributed by atoms with Gasteiger partial charge in [0.1, 0.15) is 11.5 Å². The first-order valence-corrected chi connectivity index (χ1v) is 9.02. The Kier molecular flexibility index (Phi) is 6.17. The average molecular weight is 376 g/mol. The van der Waals surface area contributed by atoms with Gasteiger partial charge in [0.05, 0.1) is 26.3 Å². The predicted octanol–water partition coefficient (Wildman–Crippen LogP) is 4.94. The maximum Gasteiger partial charge on any atom is 0.228 e. The molecule has 0 aliphatic carbocycles. The molecule has 5 heteroatoms. The number of anilines is 3. The fourth-order valence-corrected chi connectivity index (χ4v) is 2.91. The van der Waals surface area contributed by atoms with Gasteiger partial charge in [0, 0.05) is 17.4 Å². The minimum atomic E-state index is -0.0388. The summed E-state index contributed by atoms with van der Waals surface area (Å²) in [6.45, 7) is 2.02. The van der Waals surface area contributed by atoms with E-state index in [2.05, 4.69) is 10.6 Å². The lowest BCUT2D eigenvalue weighted by Crippen LogP contribution is -2.14. The van der Waals surface area contributed by atoms with Gasteiger partial charge in [0.25, 0.3) is 0 Å². The van der Waals surface area contributed by atoms with E-state index < -0.39 is 0 Å². The molecular weight excluding hydrogens is 352 g/mol. The zero-order valence-corrected chi connectivity index (χ0v) is 16.3. The summed E-state index contributed by atoms with van der Waals surface area (Å²) in [6.07, 6.45) is 0.352. The van der Waals surface area contributed by atoms with Crippen molar-refractivity contribution < 1.29 is 14.3 Å². The van der Waals surface area contributed by atoms with E-state index in [0.717, 1.165) is 33.9 Å². The summed E-state index contributed by atoms with van der Waals surface area (Å²) in [5, 5.41) is 6.24. The molecule has 0 unspecified atom stereocenters. The number of rotatable bonds is 7. The Hall–Kier alpha value is -3.47. The van der Waals surface area contributed by atoms with Gasteiger partial charge < -0.3 is 20.1 Å². The van der Waals surface area contributed by atoms with Crippen LogP contribution < -0.4 is 20.1 Å². The van der Waals surface area contributed by atoms with Crippen LogP contribution in [0.2, 0.25) is 0 Å². The van der Waals surface area contributed by atoms with Gasteiger partial charge >= 0.3 is 0 Å². The smallest absolute Gasteiger partial charge is 0.228 e. The van der Waals surface area contributed by atoms with E-state index in [0.29, 0.717) is 12.2 Å². The molecule has 0 aliphatic heterocycles. The lowest BCUT2D eigenvalue weighted by atomic mass is 10.1. The van der Waals surface area contributed by atoms with Crippen molar-refractivity contribution in [1.29, 1.82) is 0 Å².